The number of benzene rings is 1. The lowest BCUT2D eigenvalue weighted by Gasteiger charge is -2.41. The Labute approximate surface area is 149 Å². The molecule has 126 valence electrons. The Morgan fingerprint density at radius 2 is 2.12 bits per heavy atom. The van der Waals surface area contributed by atoms with Crippen LogP contribution in [0.5, 0.6) is 0 Å². The molecule has 1 aliphatic heterocycles. The molecule has 0 amide bonds. The highest BCUT2D eigenvalue weighted by Gasteiger charge is 2.39. The second-order valence-electron chi connectivity index (χ2n) is 6.16. The minimum absolute atomic E-state index is 0.193. The van der Waals surface area contributed by atoms with E-state index in [0.717, 1.165) is 29.6 Å². The van der Waals surface area contributed by atoms with Crippen molar-refractivity contribution in [2.24, 2.45) is 0 Å². The summed E-state index contributed by atoms with van der Waals surface area (Å²) < 4.78 is 12.3. The molecule has 1 saturated heterocycles. The molecule has 0 aliphatic carbocycles. The van der Waals surface area contributed by atoms with Crippen molar-refractivity contribution >= 4 is 39.1 Å². The maximum absolute atomic E-state index is 12.5. The van der Waals surface area contributed by atoms with E-state index in [0.29, 0.717) is 29.4 Å². The number of fused-ring (bicyclic) bond motifs is 1. The van der Waals surface area contributed by atoms with Crippen molar-refractivity contribution in [2.45, 2.75) is 31.4 Å². The number of hydrogen-bond acceptors (Lipinski definition) is 4. The van der Waals surface area contributed by atoms with E-state index < -0.39 is 10.8 Å². The standard InChI is InChI=1S/C18H20ClN3OS/c1-3-18(4-2)12-22(7-8-24(18)23)17-9-13(11-20)15-10-14(19)5-6-16(15)21-17/h5-6,9-10H,3-4,7-8,12H2,1-2H3. The van der Waals surface area contributed by atoms with Gasteiger partial charge < -0.3 is 4.90 Å². The van der Waals surface area contributed by atoms with Gasteiger partial charge in [0.05, 0.1) is 21.9 Å². The first kappa shape index (κ1) is 17.2. The first-order valence-electron chi connectivity index (χ1n) is 8.17. The van der Waals surface area contributed by atoms with E-state index in [1.54, 1.807) is 12.1 Å². The minimum atomic E-state index is -0.820. The SMILES string of the molecule is CCC1(CC)CN(c2cc(C#N)c3cc(Cl)ccc3n2)CCS1=O. The Kier molecular flexibility index (Phi) is 4.80. The largest absolute Gasteiger partial charge is 0.354 e. The number of rotatable bonds is 3. The number of nitriles is 1. The quantitative estimate of drug-likeness (QED) is 0.832. The van der Waals surface area contributed by atoms with Crippen LogP contribution in [0, 0.1) is 11.3 Å². The summed E-state index contributed by atoms with van der Waals surface area (Å²) in [7, 11) is -0.820. The average molecular weight is 362 g/mol. The summed E-state index contributed by atoms with van der Waals surface area (Å²) in [5.74, 6) is 1.42. The third-order valence-electron chi connectivity index (χ3n) is 5.00. The summed E-state index contributed by atoms with van der Waals surface area (Å²) in [5.41, 5.74) is 1.33. The Morgan fingerprint density at radius 3 is 2.79 bits per heavy atom. The van der Waals surface area contributed by atoms with E-state index in [9.17, 15) is 9.47 Å². The number of nitrogens with zero attached hydrogens (tertiary/aromatic N) is 3. The van der Waals surface area contributed by atoms with Crippen LogP contribution in [0.15, 0.2) is 24.3 Å². The number of anilines is 1. The first-order valence-corrected chi connectivity index (χ1v) is 9.86. The summed E-state index contributed by atoms with van der Waals surface area (Å²) in [4.78, 5) is 6.89. The molecule has 4 nitrogen and oxygen atoms in total. The molecule has 1 unspecified atom stereocenters. The topological polar surface area (TPSA) is 57.0 Å². The van der Waals surface area contributed by atoms with Gasteiger partial charge >= 0.3 is 0 Å². The molecule has 2 heterocycles. The van der Waals surface area contributed by atoms with Crippen molar-refractivity contribution < 1.29 is 4.21 Å². The van der Waals surface area contributed by atoms with Crippen molar-refractivity contribution in [1.29, 1.82) is 5.26 Å². The van der Waals surface area contributed by atoms with Crippen molar-refractivity contribution in [1.82, 2.24) is 4.98 Å². The van der Waals surface area contributed by atoms with Crippen LogP contribution in [-0.4, -0.2) is 32.8 Å². The third kappa shape index (κ3) is 2.89. The molecule has 0 bridgehead atoms. The molecular formula is C18H20ClN3OS. The summed E-state index contributed by atoms with van der Waals surface area (Å²) >= 11 is 6.05. The van der Waals surface area contributed by atoms with Crippen LogP contribution in [0.25, 0.3) is 10.9 Å². The lowest BCUT2D eigenvalue weighted by atomic mass is 10.0. The summed E-state index contributed by atoms with van der Waals surface area (Å²) in [6, 6.07) is 9.48. The van der Waals surface area contributed by atoms with Gasteiger partial charge in [-0.1, -0.05) is 25.4 Å². The van der Waals surface area contributed by atoms with Gasteiger partial charge in [0, 0.05) is 40.1 Å². The fourth-order valence-corrected chi connectivity index (χ4v) is 5.27. The van der Waals surface area contributed by atoms with Gasteiger partial charge in [0.15, 0.2) is 0 Å². The van der Waals surface area contributed by atoms with Gasteiger partial charge in [-0.2, -0.15) is 5.26 Å². The molecule has 0 radical (unpaired) electrons. The van der Waals surface area contributed by atoms with Gasteiger partial charge in [-0.15, -0.1) is 0 Å². The van der Waals surface area contributed by atoms with E-state index in [1.807, 2.05) is 12.1 Å². The second-order valence-corrected chi connectivity index (χ2v) is 8.56. The van der Waals surface area contributed by atoms with E-state index >= 15 is 0 Å². The maximum atomic E-state index is 12.5. The molecule has 24 heavy (non-hydrogen) atoms. The van der Waals surface area contributed by atoms with Crippen molar-refractivity contribution in [3.05, 3.63) is 34.9 Å². The van der Waals surface area contributed by atoms with Gasteiger partial charge in [0.2, 0.25) is 0 Å². The van der Waals surface area contributed by atoms with E-state index in [4.69, 9.17) is 16.6 Å². The second kappa shape index (κ2) is 6.70. The van der Waals surface area contributed by atoms with Crippen molar-refractivity contribution in [3.8, 4) is 6.07 Å². The summed E-state index contributed by atoms with van der Waals surface area (Å²) in [6.45, 7) is 5.61. The van der Waals surface area contributed by atoms with Gasteiger partial charge in [0.25, 0.3) is 0 Å². The zero-order valence-electron chi connectivity index (χ0n) is 13.9. The molecule has 1 aliphatic rings. The van der Waals surface area contributed by atoms with Crippen LogP contribution in [0.2, 0.25) is 5.02 Å². The summed E-state index contributed by atoms with van der Waals surface area (Å²) in [5, 5.41) is 10.9. The van der Waals surface area contributed by atoms with Crippen LogP contribution in [0.1, 0.15) is 32.3 Å². The van der Waals surface area contributed by atoms with Gasteiger partial charge in [-0.05, 0) is 37.1 Å². The molecule has 2 aromatic rings. The van der Waals surface area contributed by atoms with E-state index in [2.05, 4.69) is 24.8 Å². The molecule has 6 heteroatoms. The molecular weight excluding hydrogens is 342 g/mol. The normalized spacial score (nSPS) is 20.1. The van der Waals surface area contributed by atoms with Crippen LogP contribution in [-0.2, 0) is 10.8 Å². The third-order valence-corrected chi connectivity index (χ3v) is 7.46. The van der Waals surface area contributed by atoms with Gasteiger partial charge in [0.1, 0.15) is 5.82 Å². The Hall–Kier alpha value is -1.64. The maximum Gasteiger partial charge on any atom is 0.130 e. The summed E-state index contributed by atoms with van der Waals surface area (Å²) in [6.07, 6.45) is 1.75. The molecule has 1 aromatic carbocycles. The molecule has 3 rings (SSSR count). The number of pyridine rings is 1. The molecule has 0 spiro atoms. The molecule has 1 aromatic heterocycles. The molecule has 1 atom stereocenters. The lowest BCUT2D eigenvalue weighted by Crippen LogP contribution is -2.53. The van der Waals surface area contributed by atoms with E-state index in [-0.39, 0.29) is 4.75 Å². The van der Waals surface area contributed by atoms with Gasteiger partial charge in [-0.3, -0.25) is 4.21 Å². The zero-order valence-corrected chi connectivity index (χ0v) is 15.5. The molecule has 0 N–H and O–H groups in total. The van der Waals surface area contributed by atoms with Crippen molar-refractivity contribution in [2.75, 3.05) is 23.7 Å². The number of hydrogen-bond donors (Lipinski definition) is 0. The smallest absolute Gasteiger partial charge is 0.130 e. The lowest BCUT2D eigenvalue weighted by molar-refractivity contribution is 0.494. The number of halogens is 1. The predicted molar refractivity (Wildman–Crippen MR) is 100 cm³/mol. The minimum Gasteiger partial charge on any atom is -0.354 e. The Bertz CT molecular complexity index is 842. The Balaban J connectivity index is 2.05. The highest BCUT2D eigenvalue weighted by atomic mass is 35.5. The van der Waals surface area contributed by atoms with Crippen LogP contribution in [0.3, 0.4) is 0 Å². The zero-order chi connectivity index (χ0) is 17.3. The first-order chi connectivity index (χ1) is 11.5. The van der Waals surface area contributed by atoms with Crippen LogP contribution in [0.4, 0.5) is 5.82 Å². The fourth-order valence-electron chi connectivity index (χ4n) is 3.34. The fraction of sp³-hybridized carbons (Fsp3) is 0.444. The van der Waals surface area contributed by atoms with Gasteiger partial charge in [-0.25, -0.2) is 4.98 Å². The monoisotopic (exact) mass is 361 g/mol. The predicted octanol–water partition coefficient (Wildman–Crippen LogP) is 3.89. The van der Waals surface area contributed by atoms with Crippen molar-refractivity contribution in [3.63, 3.8) is 0 Å². The highest BCUT2D eigenvalue weighted by molar-refractivity contribution is 7.86. The van der Waals surface area contributed by atoms with Crippen LogP contribution >= 0.6 is 11.6 Å². The van der Waals surface area contributed by atoms with E-state index in [1.165, 1.54) is 0 Å². The molecule has 0 saturated carbocycles. The van der Waals surface area contributed by atoms with Crippen LogP contribution < -0.4 is 4.90 Å². The highest BCUT2D eigenvalue weighted by Crippen LogP contribution is 2.32. The Morgan fingerprint density at radius 1 is 1.38 bits per heavy atom. The average Bonchev–Trinajstić information content (AvgIpc) is 2.61. The molecule has 1 fully saturated rings. The number of aromatic nitrogens is 1.